The lowest BCUT2D eigenvalue weighted by Gasteiger charge is -2.09. The minimum atomic E-state index is -0.588. The summed E-state index contributed by atoms with van der Waals surface area (Å²) in [6.45, 7) is -0.527. The smallest absolute Gasteiger partial charge is 0.340 e. The third kappa shape index (κ3) is 4.50. The second-order valence-corrected chi connectivity index (χ2v) is 7.03. The number of ether oxygens (including phenoxy) is 2. The van der Waals surface area contributed by atoms with E-state index in [1.54, 1.807) is 47.2 Å². The van der Waals surface area contributed by atoms with Crippen molar-refractivity contribution in [2.45, 2.75) is 6.54 Å². The van der Waals surface area contributed by atoms with Crippen LogP contribution in [0.5, 0.6) is 0 Å². The van der Waals surface area contributed by atoms with Crippen LogP contribution in [0, 0.1) is 3.57 Å². The van der Waals surface area contributed by atoms with Gasteiger partial charge in [0, 0.05) is 20.7 Å². The number of methoxy groups -OCH3 is 1. The largest absolute Gasteiger partial charge is 0.465 e. The molecule has 0 bridgehead atoms. The number of halogens is 1. The second-order valence-electron chi connectivity index (χ2n) is 5.87. The van der Waals surface area contributed by atoms with Crippen LogP contribution in [0.4, 0.5) is 5.69 Å². The highest BCUT2D eigenvalue weighted by Crippen LogP contribution is 2.22. The highest BCUT2D eigenvalue weighted by atomic mass is 127. The molecule has 0 fully saturated rings. The second kappa shape index (κ2) is 8.87. The maximum atomic E-state index is 12.2. The van der Waals surface area contributed by atoms with Crippen LogP contribution in [0.2, 0.25) is 0 Å². The molecule has 2 aromatic carbocycles. The lowest BCUT2D eigenvalue weighted by molar-refractivity contribution is -0.147. The zero-order chi connectivity index (χ0) is 20.1. The van der Waals surface area contributed by atoms with Gasteiger partial charge in [0.05, 0.1) is 18.4 Å². The number of anilines is 1. The van der Waals surface area contributed by atoms with E-state index < -0.39 is 24.5 Å². The van der Waals surface area contributed by atoms with Crippen LogP contribution in [0.3, 0.4) is 0 Å². The number of fused-ring (bicyclic) bond motifs is 1. The summed E-state index contributed by atoms with van der Waals surface area (Å²) in [5.41, 5.74) is 1.72. The Morgan fingerprint density at radius 2 is 1.79 bits per heavy atom. The fourth-order valence-corrected chi connectivity index (χ4v) is 3.25. The van der Waals surface area contributed by atoms with Gasteiger partial charge in [0.15, 0.2) is 6.61 Å². The zero-order valence-electron chi connectivity index (χ0n) is 15.0. The molecule has 0 aliphatic rings. The highest BCUT2D eigenvalue weighted by molar-refractivity contribution is 14.1. The van der Waals surface area contributed by atoms with E-state index in [0.29, 0.717) is 22.2 Å². The molecule has 0 atom stereocenters. The summed E-state index contributed by atoms with van der Waals surface area (Å²) in [5, 5.41) is 3.37. The molecule has 1 amide bonds. The highest BCUT2D eigenvalue weighted by Gasteiger charge is 2.17. The average molecular weight is 492 g/mol. The van der Waals surface area contributed by atoms with Crippen molar-refractivity contribution >= 4 is 57.0 Å². The van der Waals surface area contributed by atoms with E-state index in [9.17, 15) is 14.4 Å². The number of nitrogens with one attached hydrogen (secondary N) is 1. The monoisotopic (exact) mass is 492 g/mol. The molecule has 0 aliphatic heterocycles. The van der Waals surface area contributed by atoms with Crippen molar-refractivity contribution in [3.8, 4) is 0 Å². The molecular formula is C20H17IN2O5. The van der Waals surface area contributed by atoms with E-state index in [4.69, 9.17) is 9.47 Å². The number of para-hydroxylation sites is 2. The van der Waals surface area contributed by atoms with Crippen molar-refractivity contribution in [3.63, 3.8) is 0 Å². The van der Waals surface area contributed by atoms with Gasteiger partial charge in [0.2, 0.25) is 0 Å². The van der Waals surface area contributed by atoms with Crippen LogP contribution in [-0.2, 0) is 25.6 Å². The molecule has 1 N–H and O–H groups in total. The van der Waals surface area contributed by atoms with E-state index >= 15 is 0 Å². The van der Waals surface area contributed by atoms with Gasteiger partial charge in [-0.3, -0.25) is 9.59 Å². The summed E-state index contributed by atoms with van der Waals surface area (Å²) in [6.07, 6.45) is 1.55. The summed E-state index contributed by atoms with van der Waals surface area (Å²) < 4.78 is 12.3. The van der Waals surface area contributed by atoms with Gasteiger partial charge < -0.3 is 19.4 Å². The van der Waals surface area contributed by atoms with E-state index in [0.717, 1.165) is 3.57 Å². The van der Waals surface area contributed by atoms with Gasteiger partial charge in [0.25, 0.3) is 5.91 Å². The summed E-state index contributed by atoms with van der Waals surface area (Å²) >= 11 is 2.11. The van der Waals surface area contributed by atoms with Gasteiger partial charge in [-0.1, -0.05) is 30.3 Å². The van der Waals surface area contributed by atoms with Crippen LogP contribution >= 0.6 is 22.6 Å². The van der Waals surface area contributed by atoms with Crippen LogP contribution in [0.1, 0.15) is 10.4 Å². The van der Waals surface area contributed by atoms with Crippen LogP contribution in [-0.4, -0.2) is 36.1 Å². The molecule has 28 heavy (non-hydrogen) atoms. The van der Waals surface area contributed by atoms with Gasteiger partial charge in [-0.25, -0.2) is 4.79 Å². The summed E-state index contributed by atoms with van der Waals surface area (Å²) in [5.74, 6) is -1.50. The lowest BCUT2D eigenvalue weighted by atomic mass is 10.2. The first-order valence-corrected chi connectivity index (χ1v) is 9.43. The Bertz CT molecular complexity index is 1040. The van der Waals surface area contributed by atoms with Crippen molar-refractivity contribution in [1.29, 1.82) is 0 Å². The zero-order valence-corrected chi connectivity index (χ0v) is 17.1. The Hall–Kier alpha value is -2.88. The summed E-state index contributed by atoms with van der Waals surface area (Å²) in [7, 11) is 1.30. The first kappa shape index (κ1) is 19.9. The summed E-state index contributed by atoms with van der Waals surface area (Å²) in [4.78, 5) is 36.1. The topological polar surface area (TPSA) is 86.6 Å². The molecule has 0 aliphatic carbocycles. The Morgan fingerprint density at radius 1 is 1.07 bits per heavy atom. The van der Waals surface area contributed by atoms with Gasteiger partial charge in [-0.2, -0.15) is 0 Å². The van der Waals surface area contributed by atoms with Crippen LogP contribution in [0.25, 0.3) is 10.9 Å². The number of carbonyl (C=O) groups excluding carboxylic acids is 3. The maximum Gasteiger partial charge on any atom is 0.340 e. The maximum absolute atomic E-state index is 12.2. The van der Waals surface area contributed by atoms with E-state index in [-0.39, 0.29) is 6.54 Å². The van der Waals surface area contributed by atoms with E-state index in [2.05, 4.69) is 27.9 Å². The van der Waals surface area contributed by atoms with Crippen molar-refractivity contribution in [2.24, 2.45) is 0 Å². The summed E-state index contributed by atoms with van der Waals surface area (Å²) in [6, 6.07) is 14.5. The van der Waals surface area contributed by atoms with Gasteiger partial charge >= 0.3 is 11.9 Å². The van der Waals surface area contributed by atoms with Crippen molar-refractivity contribution in [2.75, 3.05) is 19.0 Å². The lowest BCUT2D eigenvalue weighted by Crippen LogP contribution is -2.23. The Labute approximate surface area is 174 Å². The number of hydrogen-bond donors (Lipinski definition) is 1. The predicted octanol–water partition coefficient (Wildman–Crippen LogP) is 3.21. The molecule has 1 aromatic heterocycles. The van der Waals surface area contributed by atoms with Gasteiger partial charge in [0.1, 0.15) is 6.54 Å². The number of rotatable bonds is 6. The minimum absolute atomic E-state index is 0.131. The normalized spacial score (nSPS) is 10.5. The molecule has 0 saturated heterocycles. The van der Waals surface area contributed by atoms with Crippen molar-refractivity contribution in [1.82, 2.24) is 4.57 Å². The third-order valence-corrected chi connectivity index (χ3v) is 4.95. The Kier molecular flexibility index (Phi) is 6.30. The number of amides is 1. The molecule has 7 nitrogen and oxygen atoms in total. The number of benzene rings is 2. The molecule has 0 spiro atoms. The standard InChI is InChI=1S/C20H17IN2O5/c1-27-20(26)14-10-23(17-9-5-2-6-13(14)17)11-19(25)28-12-18(24)22-16-8-4-3-7-15(16)21/h2-10H,11-12H2,1H3,(H,22,24). The number of carbonyl (C=O) groups is 3. The number of nitrogens with zero attached hydrogens (tertiary/aromatic N) is 1. The molecule has 3 aromatic rings. The van der Waals surface area contributed by atoms with E-state index in [1.807, 2.05) is 12.1 Å². The Morgan fingerprint density at radius 3 is 2.54 bits per heavy atom. The number of esters is 2. The molecule has 3 rings (SSSR count). The van der Waals surface area contributed by atoms with Crippen molar-refractivity contribution < 1.29 is 23.9 Å². The van der Waals surface area contributed by atoms with Crippen LogP contribution in [0.15, 0.2) is 54.7 Å². The predicted molar refractivity (Wildman–Crippen MR) is 112 cm³/mol. The molecule has 1 heterocycles. The molecule has 8 heteroatoms. The molecule has 0 radical (unpaired) electrons. The quantitative estimate of drug-likeness (QED) is 0.422. The van der Waals surface area contributed by atoms with Gasteiger partial charge in [-0.15, -0.1) is 0 Å². The fourth-order valence-electron chi connectivity index (χ4n) is 2.73. The average Bonchev–Trinajstić information content (AvgIpc) is 3.06. The van der Waals surface area contributed by atoms with Crippen molar-refractivity contribution in [3.05, 3.63) is 63.9 Å². The molecular weight excluding hydrogens is 475 g/mol. The first-order chi connectivity index (χ1) is 13.5. The minimum Gasteiger partial charge on any atom is -0.465 e. The molecule has 144 valence electrons. The number of hydrogen-bond acceptors (Lipinski definition) is 5. The molecule has 0 saturated carbocycles. The Balaban J connectivity index is 1.64. The van der Waals surface area contributed by atoms with Crippen LogP contribution < -0.4 is 5.32 Å². The third-order valence-electron chi connectivity index (χ3n) is 4.01. The fraction of sp³-hybridized carbons (Fsp3) is 0.150. The SMILES string of the molecule is COC(=O)c1cn(CC(=O)OCC(=O)Nc2ccccc2I)c2ccccc12. The number of aromatic nitrogens is 1. The molecule has 0 unspecified atom stereocenters. The van der Waals surface area contributed by atoms with Gasteiger partial charge in [-0.05, 0) is 40.8 Å². The van der Waals surface area contributed by atoms with E-state index in [1.165, 1.54) is 7.11 Å². The first-order valence-electron chi connectivity index (χ1n) is 8.36.